The van der Waals surface area contributed by atoms with Gasteiger partial charge in [-0.25, -0.2) is 0 Å². The van der Waals surface area contributed by atoms with E-state index in [4.69, 9.17) is 27.8 Å². The second kappa shape index (κ2) is 5.57. The molecule has 1 rings (SSSR count). The molecule has 14 heavy (non-hydrogen) atoms. The maximum Gasteiger partial charge on any atom is 0.120 e. The van der Waals surface area contributed by atoms with E-state index >= 15 is 0 Å². The van der Waals surface area contributed by atoms with Gasteiger partial charge in [0.25, 0.3) is 0 Å². The molecule has 6 heteroatoms. The molecule has 0 saturated carbocycles. The molecule has 1 aliphatic heterocycles. The Morgan fingerprint density at radius 2 is 2.43 bits per heavy atom. The highest BCUT2D eigenvalue weighted by atomic mass is 32.1. The first-order valence-electron chi connectivity index (χ1n) is 4.55. The van der Waals surface area contributed by atoms with E-state index in [1.54, 1.807) is 0 Å². The molecule has 0 aromatic carbocycles. The van der Waals surface area contributed by atoms with Crippen LogP contribution in [0.5, 0.6) is 0 Å². The number of thiocarbonyl (C=S) groups is 1. The number of hydrogen-bond donors (Lipinski definition) is 3. The minimum atomic E-state index is -0.708. The summed E-state index contributed by atoms with van der Waals surface area (Å²) in [6.45, 7) is 2.08. The molecule has 4 N–H and O–H groups in total. The highest BCUT2D eigenvalue weighted by Crippen LogP contribution is 2.06. The van der Waals surface area contributed by atoms with Crippen LogP contribution in [-0.2, 0) is 4.74 Å². The number of nitrogens with zero attached hydrogens (tertiary/aromatic N) is 1. The van der Waals surface area contributed by atoms with Gasteiger partial charge in [0, 0.05) is 19.6 Å². The first-order valence-corrected chi connectivity index (χ1v) is 4.96. The van der Waals surface area contributed by atoms with Crippen molar-refractivity contribution < 1.29 is 14.9 Å². The van der Waals surface area contributed by atoms with E-state index in [0.717, 1.165) is 6.54 Å². The predicted molar refractivity (Wildman–Crippen MR) is 56.1 cm³/mol. The van der Waals surface area contributed by atoms with Gasteiger partial charge in [-0.15, -0.1) is 0 Å². The van der Waals surface area contributed by atoms with Crippen molar-refractivity contribution in [2.24, 2.45) is 5.73 Å². The molecule has 82 valence electrons. The van der Waals surface area contributed by atoms with Gasteiger partial charge >= 0.3 is 0 Å². The fraction of sp³-hybridized carbons (Fsp3) is 0.875. The Hall–Kier alpha value is -0.270. The van der Waals surface area contributed by atoms with Crippen LogP contribution in [0.2, 0.25) is 0 Å². The number of aliphatic hydroxyl groups excluding tert-OH is 2. The zero-order chi connectivity index (χ0) is 10.6. The lowest BCUT2D eigenvalue weighted by Crippen LogP contribution is -2.50. The quantitative estimate of drug-likeness (QED) is 0.492. The van der Waals surface area contributed by atoms with E-state index < -0.39 is 6.10 Å². The monoisotopic (exact) mass is 220 g/mol. The standard InChI is InChI=1S/C8H16N2O3S/c9-8(14)7-4-10(1-2-13-7)3-6(12)5-11/h6-7,11-12H,1-5H2,(H2,9,14). The number of ether oxygens (including phenoxy) is 1. The Morgan fingerprint density at radius 3 is 3.00 bits per heavy atom. The summed E-state index contributed by atoms with van der Waals surface area (Å²) in [7, 11) is 0. The summed E-state index contributed by atoms with van der Waals surface area (Å²) in [5, 5.41) is 17.9. The fourth-order valence-corrected chi connectivity index (χ4v) is 1.54. The average molecular weight is 220 g/mol. The van der Waals surface area contributed by atoms with E-state index in [1.807, 2.05) is 4.90 Å². The lowest BCUT2D eigenvalue weighted by Gasteiger charge is -2.33. The number of hydrogen-bond acceptors (Lipinski definition) is 5. The van der Waals surface area contributed by atoms with Gasteiger partial charge in [0.05, 0.1) is 19.3 Å². The van der Waals surface area contributed by atoms with Gasteiger partial charge in [0.1, 0.15) is 11.1 Å². The Labute approximate surface area is 88.4 Å². The maximum atomic E-state index is 9.24. The van der Waals surface area contributed by atoms with Gasteiger partial charge in [-0.1, -0.05) is 12.2 Å². The molecule has 0 bridgehead atoms. The average Bonchev–Trinajstić information content (AvgIpc) is 2.18. The third-order valence-electron chi connectivity index (χ3n) is 2.15. The van der Waals surface area contributed by atoms with Crippen LogP contribution in [0.25, 0.3) is 0 Å². The highest BCUT2D eigenvalue weighted by molar-refractivity contribution is 7.80. The van der Waals surface area contributed by atoms with Crippen molar-refractivity contribution in [3.8, 4) is 0 Å². The molecule has 1 saturated heterocycles. The molecule has 0 aromatic rings. The second-order valence-corrected chi connectivity index (χ2v) is 3.83. The molecule has 0 aromatic heterocycles. The molecule has 1 aliphatic rings. The first kappa shape index (κ1) is 11.8. The Bertz CT molecular complexity index is 203. The summed E-state index contributed by atoms with van der Waals surface area (Å²) in [5.41, 5.74) is 5.46. The molecule has 0 spiro atoms. The number of nitrogens with two attached hydrogens (primary N) is 1. The van der Waals surface area contributed by atoms with Crippen LogP contribution in [-0.4, -0.2) is 65.2 Å². The van der Waals surface area contributed by atoms with Crippen LogP contribution in [0, 0.1) is 0 Å². The van der Waals surface area contributed by atoms with Gasteiger partial charge in [-0.2, -0.15) is 0 Å². The molecular formula is C8H16N2O3S. The third kappa shape index (κ3) is 3.47. The zero-order valence-corrected chi connectivity index (χ0v) is 8.74. The van der Waals surface area contributed by atoms with Crippen molar-refractivity contribution in [1.82, 2.24) is 4.90 Å². The van der Waals surface area contributed by atoms with Crippen LogP contribution in [0.15, 0.2) is 0 Å². The lowest BCUT2D eigenvalue weighted by atomic mass is 10.2. The minimum Gasteiger partial charge on any atom is -0.394 e. The molecule has 1 heterocycles. The predicted octanol–water partition coefficient (Wildman–Crippen LogP) is -1.67. The van der Waals surface area contributed by atoms with E-state index in [-0.39, 0.29) is 12.7 Å². The van der Waals surface area contributed by atoms with E-state index in [0.29, 0.717) is 24.7 Å². The molecule has 2 atom stereocenters. The van der Waals surface area contributed by atoms with Crippen molar-refractivity contribution in [2.45, 2.75) is 12.2 Å². The number of morpholine rings is 1. The van der Waals surface area contributed by atoms with Crippen molar-refractivity contribution >= 4 is 17.2 Å². The first-order chi connectivity index (χ1) is 6.63. The smallest absolute Gasteiger partial charge is 0.120 e. The topological polar surface area (TPSA) is 79.0 Å². The minimum absolute atomic E-state index is 0.227. The van der Waals surface area contributed by atoms with Crippen LogP contribution in [0.4, 0.5) is 0 Å². The summed E-state index contributed by atoms with van der Waals surface area (Å²) in [5.74, 6) is 0. The zero-order valence-electron chi connectivity index (χ0n) is 7.93. The molecule has 0 aliphatic carbocycles. The summed E-state index contributed by atoms with van der Waals surface area (Å²) < 4.78 is 5.33. The Kier molecular flexibility index (Phi) is 4.70. The van der Waals surface area contributed by atoms with Crippen LogP contribution in [0.3, 0.4) is 0 Å². The van der Waals surface area contributed by atoms with Crippen molar-refractivity contribution in [2.75, 3.05) is 32.8 Å². The highest BCUT2D eigenvalue weighted by Gasteiger charge is 2.23. The summed E-state index contributed by atoms with van der Waals surface area (Å²) in [4.78, 5) is 2.32. The van der Waals surface area contributed by atoms with E-state index in [2.05, 4.69) is 0 Å². The van der Waals surface area contributed by atoms with E-state index in [1.165, 1.54) is 0 Å². The number of β-amino-alcohol motifs (C(OH)–C–C–N with tert-alkyl or cyclic N) is 1. The second-order valence-electron chi connectivity index (χ2n) is 3.36. The molecule has 0 amide bonds. The number of rotatable bonds is 4. The summed E-state index contributed by atoms with van der Waals surface area (Å²) >= 11 is 4.82. The maximum absolute atomic E-state index is 9.24. The van der Waals surface area contributed by atoms with Crippen LogP contribution in [0.1, 0.15) is 0 Å². The largest absolute Gasteiger partial charge is 0.394 e. The number of aliphatic hydroxyl groups is 2. The van der Waals surface area contributed by atoms with Crippen molar-refractivity contribution in [3.05, 3.63) is 0 Å². The molecular weight excluding hydrogens is 204 g/mol. The SMILES string of the molecule is NC(=S)C1CN(CC(O)CO)CCO1. The lowest BCUT2D eigenvalue weighted by molar-refractivity contribution is -0.0185. The fourth-order valence-electron chi connectivity index (χ4n) is 1.40. The van der Waals surface area contributed by atoms with Crippen molar-refractivity contribution in [3.63, 3.8) is 0 Å². The van der Waals surface area contributed by atoms with Gasteiger partial charge in [0.2, 0.25) is 0 Å². The molecule has 5 nitrogen and oxygen atoms in total. The van der Waals surface area contributed by atoms with E-state index in [9.17, 15) is 5.11 Å². The Balaban J connectivity index is 2.36. The van der Waals surface area contributed by atoms with Crippen molar-refractivity contribution in [1.29, 1.82) is 0 Å². The normalized spacial score (nSPS) is 26.0. The third-order valence-corrected chi connectivity index (χ3v) is 2.41. The van der Waals surface area contributed by atoms with Gasteiger partial charge < -0.3 is 20.7 Å². The van der Waals surface area contributed by atoms with Crippen LogP contribution < -0.4 is 5.73 Å². The molecule has 1 fully saturated rings. The summed E-state index contributed by atoms with van der Waals surface area (Å²) in [6.07, 6.45) is -0.940. The van der Waals surface area contributed by atoms with Gasteiger partial charge in [0.15, 0.2) is 0 Å². The molecule has 2 unspecified atom stereocenters. The Morgan fingerprint density at radius 1 is 1.71 bits per heavy atom. The van der Waals surface area contributed by atoms with Gasteiger partial charge in [-0.05, 0) is 0 Å². The molecule has 0 radical (unpaired) electrons. The summed E-state index contributed by atoms with van der Waals surface area (Å²) in [6, 6.07) is 0. The van der Waals surface area contributed by atoms with Gasteiger partial charge in [-0.3, -0.25) is 4.90 Å². The van der Waals surface area contributed by atoms with Crippen LogP contribution >= 0.6 is 12.2 Å².